The first-order chi connectivity index (χ1) is 5.20. The van der Waals surface area contributed by atoms with Crippen LogP contribution in [0.4, 0.5) is 0 Å². The van der Waals surface area contributed by atoms with Crippen molar-refractivity contribution in [3.63, 3.8) is 0 Å². The molecule has 64 valence electrons. The first-order valence-electron chi connectivity index (χ1n) is 3.18. The fraction of sp³-hybridized carbons (Fsp3) is 0.571. The molecule has 0 saturated carbocycles. The van der Waals surface area contributed by atoms with E-state index >= 15 is 0 Å². The summed E-state index contributed by atoms with van der Waals surface area (Å²) in [6, 6.07) is 0. The van der Waals surface area contributed by atoms with Crippen LogP contribution in [0, 0.1) is 0 Å². The minimum absolute atomic E-state index is 0.0665. The molecule has 4 nitrogen and oxygen atoms in total. The predicted octanol–water partition coefficient (Wildman–Crippen LogP) is -0.0909. The third-order valence-corrected chi connectivity index (χ3v) is 1.05. The van der Waals surface area contributed by atoms with Crippen LogP contribution in [0.2, 0.25) is 0 Å². The summed E-state index contributed by atoms with van der Waals surface area (Å²) in [5, 5.41) is 2.55. The van der Waals surface area contributed by atoms with Crippen LogP contribution in [0.5, 0.6) is 0 Å². The van der Waals surface area contributed by atoms with Crippen molar-refractivity contribution in [2.45, 2.75) is 0 Å². The molecule has 0 aromatic rings. The van der Waals surface area contributed by atoms with E-state index in [0.717, 1.165) is 0 Å². The van der Waals surface area contributed by atoms with Gasteiger partial charge in [-0.15, -0.1) is 0 Å². The maximum absolute atomic E-state index is 10.7. The summed E-state index contributed by atoms with van der Waals surface area (Å²) in [6.07, 6.45) is 0. The normalized spacial score (nSPS) is 8.91. The van der Waals surface area contributed by atoms with Crippen LogP contribution in [-0.2, 0) is 14.3 Å². The van der Waals surface area contributed by atoms with Gasteiger partial charge in [0.05, 0.1) is 13.7 Å². The zero-order chi connectivity index (χ0) is 8.69. The van der Waals surface area contributed by atoms with Gasteiger partial charge in [0.25, 0.3) is 0 Å². The molecule has 0 aliphatic rings. The molecule has 0 aliphatic heterocycles. The van der Waals surface area contributed by atoms with Gasteiger partial charge in [-0.2, -0.15) is 0 Å². The van der Waals surface area contributed by atoms with Gasteiger partial charge in [-0.3, -0.25) is 4.79 Å². The minimum Gasteiger partial charge on any atom is -0.500 e. The summed E-state index contributed by atoms with van der Waals surface area (Å²) in [5.74, 6) is 0.347. The summed E-state index contributed by atoms with van der Waals surface area (Å²) in [5.41, 5.74) is 0. The summed E-state index contributed by atoms with van der Waals surface area (Å²) in [6.45, 7) is 3.93. The van der Waals surface area contributed by atoms with Crippen molar-refractivity contribution in [1.82, 2.24) is 5.32 Å². The fourth-order valence-electron chi connectivity index (χ4n) is 0.451. The second-order valence-corrected chi connectivity index (χ2v) is 1.95. The Bertz CT molecular complexity index is 145. The molecule has 0 aromatic carbocycles. The van der Waals surface area contributed by atoms with Crippen molar-refractivity contribution in [2.24, 2.45) is 0 Å². The van der Waals surface area contributed by atoms with E-state index in [2.05, 4.69) is 16.6 Å². The van der Waals surface area contributed by atoms with E-state index in [1.165, 1.54) is 14.2 Å². The van der Waals surface area contributed by atoms with E-state index in [-0.39, 0.29) is 12.5 Å². The number of carbonyl (C=O) groups excluding carboxylic acids is 1. The topological polar surface area (TPSA) is 47.6 Å². The average Bonchev–Trinajstić information content (AvgIpc) is 2.01. The third kappa shape index (κ3) is 5.42. The second-order valence-electron chi connectivity index (χ2n) is 1.95. The highest BCUT2D eigenvalue weighted by Gasteiger charge is 1.99. The molecule has 0 heterocycles. The highest BCUT2D eigenvalue weighted by molar-refractivity contribution is 5.77. The quantitative estimate of drug-likeness (QED) is 0.570. The van der Waals surface area contributed by atoms with E-state index in [9.17, 15) is 4.79 Å². The molecule has 11 heavy (non-hydrogen) atoms. The maximum Gasteiger partial charge on any atom is 0.246 e. The lowest BCUT2D eigenvalue weighted by atomic mass is 10.5. The van der Waals surface area contributed by atoms with Gasteiger partial charge in [0.2, 0.25) is 5.91 Å². The molecule has 0 aliphatic carbocycles. The molecule has 0 spiro atoms. The molecule has 0 rings (SSSR count). The molecule has 0 aromatic heterocycles. The lowest BCUT2D eigenvalue weighted by Gasteiger charge is -2.05. The Hall–Kier alpha value is -1.03. The number of ether oxygens (including phenoxy) is 2. The van der Waals surface area contributed by atoms with Gasteiger partial charge in [-0.05, 0) is 0 Å². The first kappa shape index (κ1) is 9.97. The Kier molecular flexibility index (Phi) is 5.20. The van der Waals surface area contributed by atoms with Crippen LogP contribution in [0.1, 0.15) is 0 Å². The first-order valence-corrected chi connectivity index (χ1v) is 3.18. The summed E-state index contributed by atoms with van der Waals surface area (Å²) < 4.78 is 9.32. The van der Waals surface area contributed by atoms with Crippen molar-refractivity contribution in [1.29, 1.82) is 0 Å². The van der Waals surface area contributed by atoms with Crippen LogP contribution >= 0.6 is 0 Å². The average molecular weight is 159 g/mol. The smallest absolute Gasteiger partial charge is 0.246 e. The van der Waals surface area contributed by atoms with Gasteiger partial charge < -0.3 is 14.8 Å². The summed E-state index contributed by atoms with van der Waals surface area (Å²) >= 11 is 0. The largest absolute Gasteiger partial charge is 0.500 e. The zero-order valence-electron chi connectivity index (χ0n) is 6.85. The number of hydrogen-bond acceptors (Lipinski definition) is 3. The van der Waals surface area contributed by atoms with Gasteiger partial charge in [0, 0.05) is 7.11 Å². The van der Waals surface area contributed by atoms with Gasteiger partial charge >= 0.3 is 0 Å². The van der Waals surface area contributed by atoms with Crippen molar-refractivity contribution >= 4 is 5.91 Å². The third-order valence-electron chi connectivity index (χ3n) is 1.05. The highest BCUT2D eigenvalue weighted by Crippen LogP contribution is 1.85. The molecular weight excluding hydrogens is 146 g/mol. The van der Waals surface area contributed by atoms with Gasteiger partial charge in [-0.1, -0.05) is 6.58 Å². The maximum atomic E-state index is 10.7. The summed E-state index contributed by atoms with van der Waals surface area (Å²) in [4.78, 5) is 10.7. The Balaban J connectivity index is 3.38. The number of hydrogen-bond donors (Lipinski definition) is 1. The van der Waals surface area contributed by atoms with Crippen molar-refractivity contribution in [3.05, 3.63) is 12.3 Å². The number of rotatable bonds is 5. The lowest BCUT2D eigenvalue weighted by Crippen LogP contribution is -2.29. The Morgan fingerprint density at radius 2 is 2.18 bits per heavy atom. The zero-order valence-corrected chi connectivity index (χ0v) is 6.85. The van der Waals surface area contributed by atoms with E-state index in [0.29, 0.717) is 12.3 Å². The van der Waals surface area contributed by atoms with Crippen LogP contribution in [0.25, 0.3) is 0 Å². The van der Waals surface area contributed by atoms with Gasteiger partial charge in [-0.25, -0.2) is 0 Å². The molecule has 1 amide bonds. The second kappa shape index (κ2) is 5.73. The molecule has 0 fully saturated rings. The van der Waals surface area contributed by atoms with Gasteiger partial charge in [0.1, 0.15) is 12.4 Å². The fourth-order valence-corrected chi connectivity index (χ4v) is 0.451. The van der Waals surface area contributed by atoms with Crippen molar-refractivity contribution in [3.8, 4) is 0 Å². The van der Waals surface area contributed by atoms with Crippen molar-refractivity contribution in [2.75, 3.05) is 27.4 Å². The summed E-state index contributed by atoms with van der Waals surface area (Å²) in [7, 11) is 2.97. The Morgan fingerprint density at radius 3 is 2.64 bits per heavy atom. The number of carbonyl (C=O) groups is 1. The van der Waals surface area contributed by atoms with Crippen LogP contribution in [0.3, 0.4) is 0 Å². The standard InChI is InChI=1S/C7H13NO3/c1-6(11-3)4-8-7(9)5-10-2/h1,4-5H2,2-3H3,(H,8,9). The Labute approximate surface area is 66.2 Å². The van der Waals surface area contributed by atoms with Gasteiger partial charge in [0.15, 0.2) is 0 Å². The molecule has 0 bridgehead atoms. The molecule has 0 unspecified atom stereocenters. The van der Waals surface area contributed by atoms with Crippen LogP contribution in [-0.4, -0.2) is 33.3 Å². The molecular formula is C7H13NO3. The number of amides is 1. The van der Waals surface area contributed by atoms with E-state index < -0.39 is 0 Å². The van der Waals surface area contributed by atoms with Crippen LogP contribution in [0.15, 0.2) is 12.3 Å². The molecule has 0 saturated heterocycles. The number of nitrogens with one attached hydrogen (secondary N) is 1. The molecule has 0 radical (unpaired) electrons. The molecule has 4 heteroatoms. The van der Waals surface area contributed by atoms with E-state index in [1.807, 2.05) is 0 Å². The number of methoxy groups -OCH3 is 2. The highest BCUT2D eigenvalue weighted by atomic mass is 16.5. The minimum atomic E-state index is -0.175. The molecule has 1 N–H and O–H groups in total. The monoisotopic (exact) mass is 159 g/mol. The van der Waals surface area contributed by atoms with Crippen LogP contribution < -0.4 is 5.32 Å². The molecule has 0 atom stereocenters. The van der Waals surface area contributed by atoms with E-state index in [1.54, 1.807) is 0 Å². The SMILES string of the molecule is C=C(CNC(=O)COC)OC. The predicted molar refractivity (Wildman–Crippen MR) is 41.0 cm³/mol. The Morgan fingerprint density at radius 1 is 1.55 bits per heavy atom. The van der Waals surface area contributed by atoms with Crippen molar-refractivity contribution < 1.29 is 14.3 Å². The lowest BCUT2D eigenvalue weighted by molar-refractivity contribution is -0.124. The van der Waals surface area contributed by atoms with E-state index in [4.69, 9.17) is 4.74 Å².